The number of ether oxygens (including phenoxy) is 1. The second kappa shape index (κ2) is 4.73. The highest BCUT2D eigenvalue weighted by Gasteiger charge is 2.01. The number of aliphatic hydroxyl groups is 1. The summed E-state index contributed by atoms with van der Waals surface area (Å²) in [6, 6.07) is 0. The standard InChI is InChI=1S/C6H15NO2/c1-4-9-6(8)5-7(2)3/h6,8H,4-5H2,1-3H3. The van der Waals surface area contributed by atoms with Crippen LogP contribution in [0.25, 0.3) is 0 Å². The molecule has 0 aliphatic carbocycles. The summed E-state index contributed by atoms with van der Waals surface area (Å²) in [6.07, 6.45) is -0.634. The Labute approximate surface area is 56.2 Å². The Kier molecular flexibility index (Phi) is 4.67. The molecule has 3 heteroatoms. The lowest BCUT2D eigenvalue weighted by molar-refractivity contribution is -0.104. The fraction of sp³-hybridized carbons (Fsp3) is 1.00. The zero-order chi connectivity index (χ0) is 7.28. The summed E-state index contributed by atoms with van der Waals surface area (Å²) in [6.45, 7) is 2.99. The minimum absolute atomic E-state index is 0.563. The van der Waals surface area contributed by atoms with Crippen molar-refractivity contribution in [2.45, 2.75) is 13.2 Å². The fourth-order valence-corrected chi connectivity index (χ4v) is 0.557. The Balaban J connectivity index is 3.15. The van der Waals surface area contributed by atoms with E-state index < -0.39 is 6.29 Å². The van der Waals surface area contributed by atoms with Gasteiger partial charge in [-0.05, 0) is 21.0 Å². The molecule has 56 valence electrons. The maximum Gasteiger partial charge on any atom is 0.167 e. The molecule has 0 saturated heterocycles. The molecule has 9 heavy (non-hydrogen) atoms. The Bertz CT molecular complexity index is 66.1. The van der Waals surface area contributed by atoms with Crippen LogP contribution < -0.4 is 0 Å². The highest BCUT2D eigenvalue weighted by molar-refractivity contribution is 4.44. The Morgan fingerprint density at radius 1 is 1.56 bits per heavy atom. The number of likely N-dealkylation sites (N-methyl/N-ethyl adjacent to an activating group) is 1. The van der Waals surface area contributed by atoms with Crippen molar-refractivity contribution >= 4 is 0 Å². The van der Waals surface area contributed by atoms with Gasteiger partial charge in [0, 0.05) is 13.2 Å². The third-order valence-electron chi connectivity index (χ3n) is 0.880. The lowest BCUT2D eigenvalue weighted by Crippen LogP contribution is -2.27. The third kappa shape index (κ3) is 5.76. The maximum absolute atomic E-state index is 8.96. The van der Waals surface area contributed by atoms with Crippen molar-refractivity contribution in [1.82, 2.24) is 4.90 Å². The van der Waals surface area contributed by atoms with E-state index in [2.05, 4.69) is 0 Å². The SMILES string of the molecule is CCOC(O)CN(C)C. The van der Waals surface area contributed by atoms with Gasteiger partial charge in [0.25, 0.3) is 0 Å². The summed E-state index contributed by atoms with van der Waals surface area (Å²) in [4.78, 5) is 1.88. The van der Waals surface area contributed by atoms with Crippen molar-refractivity contribution in [3.8, 4) is 0 Å². The Morgan fingerprint density at radius 2 is 2.11 bits per heavy atom. The highest BCUT2D eigenvalue weighted by Crippen LogP contribution is 1.87. The zero-order valence-electron chi connectivity index (χ0n) is 6.29. The summed E-state index contributed by atoms with van der Waals surface area (Å²) in [5.74, 6) is 0. The van der Waals surface area contributed by atoms with E-state index in [-0.39, 0.29) is 0 Å². The van der Waals surface area contributed by atoms with E-state index in [4.69, 9.17) is 9.84 Å². The van der Waals surface area contributed by atoms with Gasteiger partial charge in [-0.15, -0.1) is 0 Å². The molecule has 0 saturated carbocycles. The van der Waals surface area contributed by atoms with E-state index in [1.54, 1.807) is 0 Å². The molecule has 0 aromatic carbocycles. The van der Waals surface area contributed by atoms with Crippen molar-refractivity contribution in [3.63, 3.8) is 0 Å². The molecule has 0 aromatic rings. The average Bonchev–Trinajstić information content (AvgIpc) is 1.63. The van der Waals surface area contributed by atoms with E-state index in [9.17, 15) is 0 Å². The zero-order valence-corrected chi connectivity index (χ0v) is 6.29. The van der Waals surface area contributed by atoms with Gasteiger partial charge < -0.3 is 14.7 Å². The first-order valence-electron chi connectivity index (χ1n) is 3.11. The van der Waals surface area contributed by atoms with Gasteiger partial charge in [0.1, 0.15) is 0 Å². The number of hydrogen-bond donors (Lipinski definition) is 1. The van der Waals surface area contributed by atoms with E-state index >= 15 is 0 Å². The molecule has 0 aliphatic rings. The number of aliphatic hydroxyl groups excluding tert-OH is 1. The minimum atomic E-state index is -0.634. The van der Waals surface area contributed by atoms with Crippen LogP contribution in [0.15, 0.2) is 0 Å². The van der Waals surface area contributed by atoms with E-state index in [0.717, 1.165) is 0 Å². The molecule has 0 spiro atoms. The van der Waals surface area contributed by atoms with Gasteiger partial charge in [0.05, 0.1) is 0 Å². The average molecular weight is 133 g/mol. The van der Waals surface area contributed by atoms with Crippen LogP contribution in [0.2, 0.25) is 0 Å². The normalized spacial score (nSPS) is 14.3. The number of hydrogen-bond acceptors (Lipinski definition) is 3. The predicted molar refractivity (Wildman–Crippen MR) is 36.2 cm³/mol. The Hall–Kier alpha value is -0.120. The Morgan fingerprint density at radius 3 is 2.44 bits per heavy atom. The molecule has 0 bridgehead atoms. The van der Waals surface area contributed by atoms with Gasteiger partial charge in [0.2, 0.25) is 0 Å². The third-order valence-corrected chi connectivity index (χ3v) is 0.880. The first-order valence-corrected chi connectivity index (χ1v) is 3.11. The van der Waals surface area contributed by atoms with Crippen LogP contribution in [0.3, 0.4) is 0 Å². The van der Waals surface area contributed by atoms with Gasteiger partial charge in [-0.2, -0.15) is 0 Å². The van der Waals surface area contributed by atoms with Crippen molar-refractivity contribution in [2.75, 3.05) is 27.2 Å². The lowest BCUT2D eigenvalue weighted by atomic mass is 10.6. The quantitative estimate of drug-likeness (QED) is 0.544. The summed E-state index contributed by atoms with van der Waals surface area (Å²) in [5, 5.41) is 8.96. The minimum Gasteiger partial charge on any atom is -0.367 e. The fourth-order valence-electron chi connectivity index (χ4n) is 0.557. The molecular formula is C6H15NO2. The van der Waals surface area contributed by atoms with Gasteiger partial charge in [-0.1, -0.05) is 0 Å². The van der Waals surface area contributed by atoms with Gasteiger partial charge in [-0.25, -0.2) is 0 Å². The molecule has 1 N–H and O–H groups in total. The second-order valence-electron chi connectivity index (χ2n) is 2.17. The molecule has 1 unspecified atom stereocenters. The molecule has 0 radical (unpaired) electrons. The van der Waals surface area contributed by atoms with Crippen LogP contribution in [0.4, 0.5) is 0 Å². The van der Waals surface area contributed by atoms with E-state index in [1.165, 1.54) is 0 Å². The first kappa shape index (κ1) is 8.88. The van der Waals surface area contributed by atoms with Crippen LogP contribution in [0.1, 0.15) is 6.92 Å². The largest absolute Gasteiger partial charge is 0.367 e. The van der Waals surface area contributed by atoms with E-state index in [0.29, 0.717) is 13.2 Å². The molecule has 0 amide bonds. The molecule has 0 heterocycles. The van der Waals surface area contributed by atoms with Crippen LogP contribution >= 0.6 is 0 Å². The predicted octanol–water partition coefficient (Wildman–Crippen LogP) is -0.0971. The summed E-state index contributed by atoms with van der Waals surface area (Å²) < 4.78 is 4.87. The van der Waals surface area contributed by atoms with Gasteiger partial charge in [0.15, 0.2) is 6.29 Å². The summed E-state index contributed by atoms with van der Waals surface area (Å²) >= 11 is 0. The smallest absolute Gasteiger partial charge is 0.167 e. The van der Waals surface area contributed by atoms with Crippen LogP contribution in [-0.2, 0) is 4.74 Å². The number of rotatable bonds is 4. The van der Waals surface area contributed by atoms with Crippen molar-refractivity contribution < 1.29 is 9.84 Å². The first-order chi connectivity index (χ1) is 4.16. The summed E-state index contributed by atoms with van der Waals surface area (Å²) in [7, 11) is 3.78. The molecule has 0 aromatic heterocycles. The second-order valence-corrected chi connectivity index (χ2v) is 2.17. The van der Waals surface area contributed by atoms with E-state index in [1.807, 2.05) is 25.9 Å². The number of nitrogens with zero attached hydrogens (tertiary/aromatic N) is 1. The molecule has 0 fully saturated rings. The molecule has 0 rings (SSSR count). The van der Waals surface area contributed by atoms with Gasteiger partial charge >= 0.3 is 0 Å². The van der Waals surface area contributed by atoms with Crippen molar-refractivity contribution in [3.05, 3.63) is 0 Å². The van der Waals surface area contributed by atoms with Crippen LogP contribution in [0, 0.1) is 0 Å². The lowest BCUT2D eigenvalue weighted by Gasteiger charge is -2.14. The van der Waals surface area contributed by atoms with Crippen molar-refractivity contribution in [2.24, 2.45) is 0 Å². The molecular weight excluding hydrogens is 118 g/mol. The summed E-state index contributed by atoms with van der Waals surface area (Å²) in [5.41, 5.74) is 0. The van der Waals surface area contributed by atoms with Crippen molar-refractivity contribution in [1.29, 1.82) is 0 Å². The topological polar surface area (TPSA) is 32.7 Å². The monoisotopic (exact) mass is 133 g/mol. The van der Waals surface area contributed by atoms with Crippen LogP contribution in [-0.4, -0.2) is 43.5 Å². The molecule has 0 aliphatic heterocycles. The van der Waals surface area contributed by atoms with Gasteiger partial charge in [-0.3, -0.25) is 0 Å². The van der Waals surface area contributed by atoms with Crippen LogP contribution in [0.5, 0.6) is 0 Å². The molecule has 3 nitrogen and oxygen atoms in total. The molecule has 1 atom stereocenters. The highest BCUT2D eigenvalue weighted by atomic mass is 16.6. The maximum atomic E-state index is 8.96.